The molecule has 1 atom stereocenters. The topological polar surface area (TPSA) is 83.8 Å². The van der Waals surface area contributed by atoms with Gasteiger partial charge in [-0.05, 0) is 19.8 Å². The van der Waals surface area contributed by atoms with Crippen LogP contribution in [0.25, 0.3) is 0 Å². The average molecular weight is 194 g/mol. The number of carbonyl (C=O) groups is 1. The number of H-pyrrole nitrogens is 1. The van der Waals surface area contributed by atoms with E-state index < -0.39 is 5.41 Å². The van der Waals surface area contributed by atoms with Crippen LogP contribution in [0.15, 0.2) is 6.07 Å². The smallest absolute Gasteiger partial charge is 0.231 e. The number of rotatable bonds is 1. The highest BCUT2D eigenvalue weighted by Gasteiger charge is 2.38. The van der Waals surface area contributed by atoms with Crippen LogP contribution in [0.3, 0.4) is 0 Å². The van der Waals surface area contributed by atoms with Gasteiger partial charge in [0.1, 0.15) is 5.82 Å². The normalized spacial score (nSPS) is 27.4. The first kappa shape index (κ1) is 9.05. The van der Waals surface area contributed by atoms with Gasteiger partial charge in [-0.3, -0.25) is 9.89 Å². The lowest BCUT2D eigenvalue weighted by atomic mass is 9.79. The summed E-state index contributed by atoms with van der Waals surface area (Å²) in [6, 6.07) is 1.73. The summed E-state index contributed by atoms with van der Waals surface area (Å²) in [5, 5.41) is 9.51. The summed E-state index contributed by atoms with van der Waals surface area (Å²) in [5.74, 6) is 0.479. The molecular formula is C9H14N4O. The van der Waals surface area contributed by atoms with E-state index in [1.807, 2.05) is 6.92 Å². The van der Waals surface area contributed by atoms with E-state index in [1.165, 1.54) is 0 Å². The predicted molar refractivity (Wildman–Crippen MR) is 52.6 cm³/mol. The Hall–Kier alpha value is -1.52. The van der Waals surface area contributed by atoms with Gasteiger partial charge < -0.3 is 11.1 Å². The Kier molecular flexibility index (Phi) is 1.94. The molecule has 1 fully saturated rings. The van der Waals surface area contributed by atoms with E-state index >= 15 is 0 Å². The third-order valence-corrected chi connectivity index (χ3v) is 2.83. The van der Waals surface area contributed by atoms with Crippen molar-refractivity contribution in [2.24, 2.45) is 0 Å². The SMILES string of the molecule is CC1(c2cc(N)n[nH]2)CCCNC1=O. The monoisotopic (exact) mass is 194 g/mol. The highest BCUT2D eigenvalue weighted by molar-refractivity contribution is 5.88. The van der Waals surface area contributed by atoms with E-state index in [-0.39, 0.29) is 5.91 Å². The molecule has 0 spiro atoms. The van der Waals surface area contributed by atoms with Crippen molar-refractivity contribution < 1.29 is 4.79 Å². The summed E-state index contributed by atoms with van der Waals surface area (Å²) >= 11 is 0. The zero-order valence-corrected chi connectivity index (χ0v) is 8.13. The van der Waals surface area contributed by atoms with Crippen molar-refractivity contribution in [3.8, 4) is 0 Å². The highest BCUT2D eigenvalue weighted by atomic mass is 16.2. The molecule has 0 bridgehead atoms. The van der Waals surface area contributed by atoms with Gasteiger partial charge in [0.05, 0.1) is 11.1 Å². The van der Waals surface area contributed by atoms with Crippen molar-refractivity contribution in [1.29, 1.82) is 0 Å². The van der Waals surface area contributed by atoms with E-state index in [0.717, 1.165) is 25.1 Å². The number of aromatic nitrogens is 2. The Morgan fingerprint density at radius 2 is 2.43 bits per heavy atom. The van der Waals surface area contributed by atoms with Crippen molar-refractivity contribution in [3.63, 3.8) is 0 Å². The van der Waals surface area contributed by atoms with Crippen LogP contribution in [0.2, 0.25) is 0 Å². The summed E-state index contributed by atoms with van der Waals surface area (Å²) in [6.07, 6.45) is 1.82. The fraction of sp³-hybridized carbons (Fsp3) is 0.556. The molecular weight excluding hydrogens is 180 g/mol. The second kappa shape index (κ2) is 3.01. The number of carbonyl (C=O) groups excluding carboxylic acids is 1. The Balaban J connectivity index is 2.34. The van der Waals surface area contributed by atoms with Gasteiger partial charge in [0, 0.05) is 12.6 Å². The highest BCUT2D eigenvalue weighted by Crippen LogP contribution is 2.30. The van der Waals surface area contributed by atoms with E-state index in [4.69, 9.17) is 5.73 Å². The zero-order chi connectivity index (χ0) is 10.2. The maximum absolute atomic E-state index is 11.7. The minimum atomic E-state index is -0.497. The van der Waals surface area contributed by atoms with Crippen LogP contribution < -0.4 is 11.1 Å². The van der Waals surface area contributed by atoms with Crippen molar-refractivity contribution in [2.75, 3.05) is 12.3 Å². The van der Waals surface area contributed by atoms with E-state index in [9.17, 15) is 4.79 Å². The second-order valence-corrected chi connectivity index (χ2v) is 3.90. The Labute approximate surface area is 82.1 Å². The third kappa shape index (κ3) is 1.25. The second-order valence-electron chi connectivity index (χ2n) is 3.90. The number of nitrogen functional groups attached to an aromatic ring is 1. The first-order chi connectivity index (χ1) is 6.63. The zero-order valence-electron chi connectivity index (χ0n) is 8.13. The molecule has 2 heterocycles. The molecule has 1 aromatic rings. The number of hydrogen-bond donors (Lipinski definition) is 3. The number of nitrogens with zero attached hydrogens (tertiary/aromatic N) is 1. The van der Waals surface area contributed by atoms with Gasteiger partial charge in [-0.15, -0.1) is 0 Å². The summed E-state index contributed by atoms with van der Waals surface area (Å²) in [4.78, 5) is 11.7. The van der Waals surface area contributed by atoms with Crippen LogP contribution in [0.5, 0.6) is 0 Å². The molecule has 1 saturated heterocycles. The molecule has 4 N–H and O–H groups in total. The Morgan fingerprint density at radius 1 is 1.64 bits per heavy atom. The molecule has 0 aliphatic carbocycles. The molecule has 1 aromatic heterocycles. The van der Waals surface area contributed by atoms with Crippen molar-refractivity contribution >= 4 is 11.7 Å². The van der Waals surface area contributed by atoms with Crippen molar-refractivity contribution in [1.82, 2.24) is 15.5 Å². The maximum atomic E-state index is 11.7. The molecule has 1 amide bonds. The van der Waals surface area contributed by atoms with Gasteiger partial charge in [0.2, 0.25) is 5.91 Å². The van der Waals surface area contributed by atoms with Crippen LogP contribution >= 0.6 is 0 Å². The molecule has 76 valence electrons. The molecule has 0 aromatic carbocycles. The molecule has 2 rings (SSSR count). The van der Waals surface area contributed by atoms with E-state index in [0.29, 0.717) is 5.82 Å². The number of nitrogens with two attached hydrogens (primary N) is 1. The standard InChI is InChI=1S/C9H14N4O/c1-9(3-2-4-11-8(9)14)6-5-7(10)13-12-6/h5H,2-4H2,1H3,(H,11,14)(H3,10,12,13). The Bertz CT molecular complexity index is 359. The number of nitrogens with one attached hydrogen (secondary N) is 2. The van der Waals surface area contributed by atoms with Crippen molar-refractivity contribution in [3.05, 3.63) is 11.8 Å². The lowest BCUT2D eigenvalue weighted by Crippen LogP contribution is -2.47. The quantitative estimate of drug-likeness (QED) is 0.595. The number of piperidine rings is 1. The summed E-state index contributed by atoms with van der Waals surface area (Å²) < 4.78 is 0. The van der Waals surface area contributed by atoms with Gasteiger partial charge in [0.25, 0.3) is 0 Å². The Morgan fingerprint density at radius 3 is 3.00 bits per heavy atom. The van der Waals surface area contributed by atoms with Gasteiger partial charge in [-0.25, -0.2) is 0 Å². The first-order valence-electron chi connectivity index (χ1n) is 4.72. The lowest BCUT2D eigenvalue weighted by molar-refractivity contribution is -0.128. The molecule has 5 nitrogen and oxygen atoms in total. The average Bonchev–Trinajstić information content (AvgIpc) is 2.58. The molecule has 0 radical (unpaired) electrons. The summed E-state index contributed by atoms with van der Waals surface area (Å²) in [6.45, 7) is 2.67. The van der Waals surface area contributed by atoms with Crippen LogP contribution in [0, 0.1) is 0 Å². The van der Waals surface area contributed by atoms with Crippen LogP contribution in [0.1, 0.15) is 25.5 Å². The first-order valence-corrected chi connectivity index (χ1v) is 4.72. The minimum Gasteiger partial charge on any atom is -0.382 e. The predicted octanol–water partition coefficient (Wildman–Crippen LogP) is 0.160. The number of hydrogen-bond acceptors (Lipinski definition) is 3. The summed E-state index contributed by atoms with van der Waals surface area (Å²) in [7, 11) is 0. The molecule has 1 unspecified atom stereocenters. The van der Waals surface area contributed by atoms with E-state index in [2.05, 4.69) is 15.5 Å². The number of aromatic amines is 1. The van der Waals surface area contributed by atoms with Gasteiger partial charge in [0.15, 0.2) is 0 Å². The molecule has 1 aliphatic rings. The summed E-state index contributed by atoms with van der Waals surface area (Å²) in [5.41, 5.74) is 5.82. The van der Waals surface area contributed by atoms with Gasteiger partial charge in [-0.2, -0.15) is 5.10 Å². The van der Waals surface area contributed by atoms with Crippen LogP contribution in [0.4, 0.5) is 5.82 Å². The maximum Gasteiger partial charge on any atom is 0.231 e. The molecule has 14 heavy (non-hydrogen) atoms. The molecule has 5 heteroatoms. The molecule has 1 aliphatic heterocycles. The number of amides is 1. The third-order valence-electron chi connectivity index (χ3n) is 2.83. The van der Waals surface area contributed by atoms with E-state index in [1.54, 1.807) is 6.07 Å². The van der Waals surface area contributed by atoms with Crippen LogP contribution in [-0.4, -0.2) is 22.6 Å². The lowest BCUT2D eigenvalue weighted by Gasteiger charge is -2.31. The van der Waals surface area contributed by atoms with Crippen LogP contribution in [-0.2, 0) is 10.2 Å². The van der Waals surface area contributed by atoms with Gasteiger partial charge in [-0.1, -0.05) is 0 Å². The minimum absolute atomic E-state index is 0.0485. The molecule has 0 saturated carbocycles. The van der Waals surface area contributed by atoms with Crippen molar-refractivity contribution in [2.45, 2.75) is 25.2 Å². The fourth-order valence-corrected chi connectivity index (χ4v) is 1.83. The van der Waals surface area contributed by atoms with Gasteiger partial charge >= 0.3 is 0 Å². The number of anilines is 1. The fourth-order valence-electron chi connectivity index (χ4n) is 1.83. The largest absolute Gasteiger partial charge is 0.382 e.